The Balaban J connectivity index is 1.73. The summed E-state index contributed by atoms with van der Waals surface area (Å²) >= 11 is 0. The van der Waals surface area contributed by atoms with Crippen molar-refractivity contribution in [2.45, 2.75) is 6.92 Å². The van der Waals surface area contributed by atoms with Crippen LogP contribution in [0.1, 0.15) is 5.82 Å². The van der Waals surface area contributed by atoms with E-state index in [1.165, 1.54) is 0 Å². The number of amides is 2. The molecule has 0 aliphatic carbocycles. The van der Waals surface area contributed by atoms with Gasteiger partial charge in [-0.05, 0) is 19.1 Å². The molecule has 1 aromatic carbocycles. The number of nitrogens with zero attached hydrogens (tertiary/aromatic N) is 6. The molecule has 1 fully saturated rings. The number of benzene rings is 1. The Labute approximate surface area is 144 Å². The minimum atomic E-state index is -0.374. The molecule has 2 N–H and O–H groups in total. The molecule has 8 heteroatoms. The molecule has 2 amide bonds. The number of piperazine rings is 1. The summed E-state index contributed by atoms with van der Waals surface area (Å²) in [6.45, 7) is 4.43. The fourth-order valence-corrected chi connectivity index (χ4v) is 3.14. The van der Waals surface area contributed by atoms with Gasteiger partial charge in [0.25, 0.3) is 0 Å². The maximum atomic E-state index is 11.3. The first-order valence-corrected chi connectivity index (χ1v) is 8.20. The maximum Gasteiger partial charge on any atom is 0.314 e. The second-order valence-electron chi connectivity index (χ2n) is 6.04. The molecule has 128 valence electrons. The van der Waals surface area contributed by atoms with Crippen molar-refractivity contribution < 1.29 is 4.79 Å². The van der Waals surface area contributed by atoms with E-state index in [4.69, 9.17) is 5.73 Å². The number of urea groups is 1. The highest BCUT2D eigenvalue weighted by Crippen LogP contribution is 2.26. The number of para-hydroxylation sites is 1. The van der Waals surface area contributed by atoms with E-state index in [9.17, 15) is 4.79 Å². The average molecular weight is 337 g/mol. The summed E-state index contributed by atoms with van der Waals surface area (Å²) in [4.78, 5) is 24.3. The van der Waals surface area contributed by atoms with Gasteiger partial charge in [-0.1, -0.05) is 18.2 Å². The molecule has 8 nitrogen and oxygen atoms in total. The van der Waals surface area contributed by atoms with Crippen LogP contribution in [0.25, 0.3) is 16.7 Å². The molecule has 3 heterocycles. The van der Waals surface area contributed by atoms with Crippen LogP contribution >= 0.6 is 0 Å². The minimum absolute atomic E-state index is 0.374. The summed E-state index contributed by atoms with van der Waals surface area (Å²) in [5.74, 6) is 1.55. The summed E-state index contributed by atoms with van der Waals surface area (Å²) in [6.07, 6.45) is 1.80. The lowest BCUT2D eigenvalue weighted by Gasteiger charge is -2.34. The number of hydrogen-bond acceptors (Lipinski definition) is 5. The lowest BCUT2D eigenvalue weighted by Crippen LogP contribution is -2.50. The van der Waals surface area contributed by atoms with E-state index in [-0.39, 0.29) is 6.03 Å². The van der Waals surface area contributed by atoms with Crippen molar-refractivity contribution in [2.75, 3.05) is 31.1 Å². The third-order valence-corrected chi connectivity index (χ3v) is 4.41. The number of aryl methyl sites for hydroxylation is 1. The van der Waals surface area contributed by atoms with Crippen molar-refractivity contribution in [3.63, 3.8) is 0 Å². The number of fused-ring (bicyclic) bond motifs is 1. The monoisotopic (exact) mass is 337 g/mol. The van der Waals surface area contributed by atoms with Crippen molar-refractivity contribution in [1.82, 2.24) is 24.6 Å². The van der Waals surface area contributed by atoms with Gasteiger partial charge in [0, 0.05) is 26.2 Å². The molecule has 0 atom stereocenters. The SMILES string of the molecule is Cc1nc(N2CCN(C(N)=O)CC2)c2cnn(-c3ccccc3)c2n1. The van der Waals surface area contributed by atoms with Gasteiger partial charge in [-0.25, -0.2) is 19.4 Å². The Morgan fingerprint density at radius 2 is 1.80 bits per heavy atom. The van der Waals surface area contributed by atoms with Crippen LogP contribution in [0.15, 0.2) is 36.5 Å². The molecule has 2 aromatic heterocycles. The summed E-state index contributed by atoms with van der Waals surface area (Å²) in [6, 6.07) is 9.53. The van der Waals surface area contributed by atoms with Gasteiger partial charge in [-0.3, -0.25) is 0 Å². The lowest BCUT2D eigenvalue weighted by atomic mass is 10.2. The zero-order valence-corrected chi connectivity index (χ0v) is 14.0. The van der Waals surface area contributed by atoms with Crippen molar-refractivity contribution >= 4 is 22.9 Å². The van der Waals surface area contributed by atoms with Crippen LogP contribution in [-0.2, 0) is 0 Å². The summed E-state index contributed by atoms with van der Waals surface area (Å²) in [5.41, 5.74) is 7.11. The Morgan fingerprint density at radius 1 is 1.08 bits per heavy atom. The Hall–Kier alpha value is -3.16. The smallest absolute Gasteiger partial charge is 0.314 e. The van der Waals surface area contributed by atoms with Crippen LogP contribution in [0.5, 0.6) is 0 Å². The normalized spacial score (nSPS) is 14.9. The van der Waals surface area contributed by atoms with Gasteiger partial charge in [-0.15, -0.1) is 0 Å². The Bertz CT molecular complexity index is 913. The summed E-state index contributed by atoms with van der Waals surface area (Å²) < 4.78 is 1.83. The number of nitrogens with two attached hydrogens (primary N) is 1. The van der Waals surface area contributed by atoms with E-state index < -0.39 is 0 Å². The second-order valence-corrected chi connectivity index (χ2v) is 6.04. The highest BCUT2D eigenvalue weighted by molar-refractivity contribution is 5.88. The number of anilines is 1. The molecule has 1 saturated heterocycles. The molecule has 0 saturated carbocycles. The third-order valence-electron chi connectivity index (χ3n) is 4.41. The van der Waals surface area contributed by atoms with Gasteiger partial charge in [0.05, 0.1) is 17.3 Å². The largest absolute Gasteiger partial charge is 0.352 e. The number of carbonyl (C=O) groups is 1. The van der Waals surface area contributed by atoms with Crippen molar-refractivity contribution in [1.29, 1.82) is 0 Å². The standard InChI is InChI=1S/C17H19N7O/c1-12-20-15(22-7-9-23(10-8-22)17(18)25)14-11-19-24(16(14)21-12)13-5-3-2-4-6-13/h2-6,11H,7-10H2,1H3,(H2,18,25). The maximum absolute atomic E-state index is 11.3. The first kappa shape index (κ1) is 15.4. The number of primary amides is 1. The van der Waals surface area contributed by atoms with Gasteiger partial charge < -0.3 is 15.5 Å². The van der Waals surface area contributed by atoms with Crippen LogP contribution in [0.2, 0.25) is 0 Å². The second kappa shape index (κ2) is 6.04. The number of carbonyl (C=O) groups excluding carboxylic acids is 1. The van der Waals surface area contributed by atoms with Crippen LogP contribution in [-0.4, -0.2) is 56.9 Å². The van der Waals surface area contributed by atoms with Crippen LogP contribution in [0, 0.1) is 6.92 Å². The Kier molecular flexibility index (Phi) is 3.72. The molecule has 4 rings (SSSR count). The van der Waals surface area contributed by atoms with Gasteiger partial charge >= 0.3 is 6.03 Å². The van der Waals surface area contributed by atoms with Gasteiger partial charge in [0.1, 0.15) is 11.6 Å². The van der Waals surface area contributed by atoms with E-state index in [0.717, 1.165) is 22.5 Å². The highest BCUT2D eigenvalue weighted by atomic mass is 16.2. The van der Waals surface area contributed by atoms with E-state index in [0.29, 0.717) is 32.0 Å². The van der Waals surface area contributed by atoms with Gasteiger partial charge in [-0.2, -0.15) is 5.10 Å². The first-order chi connectivity index (χ1) is 12.1. The predicted molar refractivity (Wildman–Crippen MR) is 94.8 cm³/mol. The minimum Gasteiger partial charge on any atom is -0.352 e. The molecule has 3 aromatic rings. The third kappa shape index (κ3) is 2.75. The molecular weight excluding hydrogens is 318 g/mol. The van der Waals surface area contributed by atoms with Gasteiger partial charge in [0.15, 0.2) is 5.65 Å². The zero-order valence-electron chi connectivity index (χ0n) is 14.0. The number of rotatable bonds is 2. The molecule has 25 heavy (non-hydrogen) atoms. The molecule has 0 radical (unpaired) electrons. The first-order valence-electron chi connectivity index (χ1n) is 8.20. The molecule has 0 spiro atoms. The molecular formula is C17H19N7O. The van der Waals surface area contributed by atoms with Crippen LogP contribution in [0.4, 0.5) is 10.6 Å². The zero-order chi connectivity index (χ0) is 17.4. The average Bonchev–Trinajstić information content (AvgIpc) is 3.05. The molecule has 0 bridgehead atoms. The van der Waals surface area contributed by atoms with Crippen LogP contribution < -0.4 is 10.6 Å². The molecule has 1 aliphatic rings. The van der Waals surface area contributed by atoms with E-state index in [2.05, 4.69) is 20.0 Å². The Morgan fingerprint density at radius 3 is 2.48 bits per heavy atom. The predicted octanol–water partition coefficient (Wildman–Crippen LogP) is 1.32. The lowest BCUT2D eigenvalue weighted by molar-refractivity contribution is 0.204. The van der Waals surface area contributed by atoms with Crippen molar-refractivity contribution in [3.05, 3.63) is 42.4 Å². The quantitative estimate of drug-likeness (QED) is 0.761. The van der Waals surface area contributed by atoms with Crippen LogP contribution in [0.3, 0.4) is 0 Å². The number of aromatic nitrogens is 4. The van der Waals surface area contributed by atoms with E-state index >= 15 is 0 Å². The van der Waals surface area contributed by atoms with E-state index in [1.807, 2.05) is 41.9 Å². The fraction of sp³-hybridized carbons (Fsp3) is 0.294. The highest BCUT2D eigenvalue weighted by Gasteiger charge is 2.23. The van der Waals surface area contributed by atoms with Crippen molar-refractivity contribution in [2.24, 2.45) is 5.73 Å². The van der Waals surface area contributed by atoms with Crippen molar-refractivity contribution in [3.8, 4) is 5.69 Å². The molecule has 0 unspecified atom stereocenters. The number of hydrogen-bond donors (Lipinski definition) is 1. The fourth-order valence-electron chi connectivity index (χ4n) is 3.14. The summed E-state index contributed by atoms with van der Waals surface area (Å²) in [5, 5.41) is 5.41. The molecule has 1 aliphatic heterocycles. The van der Waals surface area contributed by atoms with Gasteiger partial charge in [0.2, 0.25) is 0 Å². The van der Waals surface area contributed by atoms with E-state index in [1.54, 1.807) is 11.1 Å². The summed E-state index contributed by atoms with van der Waals surface area (Å²) in [7, 11) is 0. The topological polar surface area (TPSA) is 93.2 Å².